The maximum Gasteiger partial charge on any atom is 1.00 e. The Hall–Kier alpha value is -0.120. The average molecular weight is 290 g/mol. The largest absolute Gasteiger partial charge is 1.00 e. The van der Waals surface area contributed by atoms with Crippen LogP contribution >= 0.6 is 0 Å². The fourth-order valence-electron chi connectivity index (χ4n) is 2.53. The van der Waals surface area contributed by atoms with Crippen LogP contribution in [0.2, 0.25) is 0 Å². The van der Waals surface area contributed by atoms with Crippen molar-refractivity contribution >= 4 is 11.8 Å². The summed E-state index contributed by atoms with van der Waals surface area (Å²) in [6.07, 6.45) is 13.7. The summed E-state index contributed by atoms with van der Waals surface area (Å²) in [7, 11) is 0. The Morgan fingerprint density at radius 3 is 2.05 bits per heavy atom. The van der Waals surface area contributed by atoms with Crippen molar-refractivity contribution in [2.45, 2.75) is 77.0 Å². The van der Waals surface area contributed by atoms with E-state index < -0.39 is 5.97 Å². The minimum atomic E-state index is -0.695. The molecule has 0 atom stereocenters. The fourth-order valence-corrected chi connectivity index (χ4v) is 2.53. The first-order chi connectivity index (χ1) is 9.20. The predicted molar refractivity (Wildman–Crippen MR) is 77.2 cm³/mol. The molecule has 1 aliphatic carbocycles. The molecule has 0 saturated carbocycles. The van der Waals surface area contributed by atoms with Gasteiger partial charge in [0.25, 0.3) is 0 Å². The molecule has 1 rings (SSSR count). The SMILES string of the molecule is O=C(O)CCCCCCCCCC(=O)C1=CCCC1.[H-].[Na+]. The van der Waals surface area contributed by atoms with Gasteiger partial charge < -0.3 is 6.53 Å². The van der Waals surface area contributed by atoms with E-state index in [1.165, 1.54) is 6.42 Å². The second-order valence-corrected chi connectivity index (χ2v) is 5.41. The Kier molecular flexibility index (Phi) is 12.5. The molecule has 4 heteroatoms. The quantitative estimate of drug-likeness (QED) is 0.462. The van der Waals surface area contributed by atoms with Crippen molar-refractivity contribution in [2.24, 2.45) is 0 Å². The van der Waals surface area contributed by atoms with E-state index in [1.807, 2.05) is 0 Å². The molecule has 110 valence electrons. The van der Waals surface area contributed by atoms with Crippen molar-refractivity contribution in [3.63, 3.8) is 0 Å². The molecule has 0 bridgehead atoms. The van der Waals surface area contributed by atoms with Crippen LogP contribution in [-0.2, 0) is 9.59 Å². The molecular weight excluding hydrogens is 263 g/mol. The molecule has 0 aromatic heterocycles. The van der Waals surface area contributed by atoms with Crippen LogP contribution in [-0.4, -0.2) is 16.9 Å². The van der Waals surface area contributed by atoms with Crippen LogP contribution in [0.15, 0.2) is 11.6 Å². The van der Waals surface area contributed by atoms with Gasteiger partial charge in [0.15, 0.2) is 5.78 Å². The zero-order chi connectivity index (χ0) is 13.9. The first-order valence-electron chi connectivity index (χ1n) is 7.64. The number of allylic oxidation sites excluding steroid dienone is 2. The molecule has 3 nitrogen and oxygen atoms in total. The van der Waals surface area contributed by atoms with Gasteiger partial charge in [0.1, 0.15) is 0 Å². The molecule has 0 radical (unpaired) electrons. The smallest absolute Gasteiger partial charge is 1.00 e. The second-order valence-electron chi connectivity index (χ2n) is 5.41. The summed E-state index contributed by atoms with van der Waals surface area (Å²) in [5.74, 6) is -0.335. The number of unbranched alkanes of at least 4 members (excludes halogenated alkanes) is 6. The van der Waals surface area contributed by atoms with Crippen LogP contribution in [0.4, 0.5) is 0 Å². The zero-order valence-corrected chi connectivity index (χ0v) is 14.8. The van der Waals surface area contributed by atoms with Crippen LogP contribution in [0.1, 0.15) is 78.5 Å². The number of rotatable bonds is 11. The molecule has 1 N–H and O–H groups in total. The predicted octanol–water partition coefficient (Wildman–Crippen LogP) is 1.38. The number of carbonyl (C=O) groups is 2. The van der Waals surface area contributed by atoms with Gasteiger partial charge in [-0.1, -0.05) is 38.2 Å². The van der Waals surface area contributed by atoms with Gasteiger partial charge in [0.2, 0.25) is 0 Å². The third kappa shape index (κ3) is 9.73. The summed E-state index contributed by atoms with van der Waals surface area (Å²) in [6, 6.07) is 0. The van der Waals surface area contributed by atoms with Crippen LogP contribution in [0.5, 0.6) is 0 Å². The zero-order valence-electron chi connectivity index (χ0n) is 13.8. The Bertz CT molecular complexity index is 329. The Morgan fingerprint density at radius 1 is 1.00 bits per heavy atom. The minimum absolute atomic E-state index is 0. The summed E-state index contributed by atoms with van der Waals surface area (Å²) in [6.45, 7) is 0. The summed E-state index contributed by atoms with van der Waals surface area (Å²) in [4.78, 5) is 22.1. The van der Waals surface area contributed by atoms with Crippen molar-refractivity contribution in [1.82, 2.24) is 0 Å². The molecule has 0 fully saturated rings. The first-order valence-corrected chi connectivity index (χ1v) is 7.64. The number of hydrogen-bond acceptors (Lipinski definition) is 2. The number of ketones is 1. The molecule has 0 aromatic carbocycles. The average Bonchev–Trinajstić information content (AvgIpc) is 2.90. The van der Waals surface area contributed by atoms with Gasteiger partial charge in [0, 0.05) is 12.8 Å². The summed E-state index contributed by atoms with van der Waals surface area (Å²) in [5, 5.41) is 8.49. The molecule has 0 aromatic rings. The molecule has 0 heterocycles. The van der Waals surface area contributed by atoms with E-state index in [4.69, 9.17) is 5.11 Å². The topological polar surface area (TPSA) is 54.4 Å². The van der Waals surface area contributed by atoms with E-state index in [9.17, 15) is 9.59 Å². The van der Waals surface area contributed by atoms with Crippen LogP contribution in [0.3, 0.4) is 0 Å². The second kappa shape index (κ2) is 12.6. The van der Waals surface area contributed by atoms with Crippen molar-refractivity contribution in [1.29, 1.82) is 0 Å². The molecule has 0 saturated heterocycles. The summed E-state index contributed by atoms with van der Waals surface area (Å²) < 4.78 is 0. The van der Waals surface area contributed by atoms with Gasteiger partial charge in [-0.05, 0) is 37.7 Å². The van der Waals surface area contributed by atoms with E-state index in [0.29, 0.717) is 18.6 Å². The van der Waals surface area contributed by atoms with Crippen molar-refractivity contribution in [3.05, 3.63) is 11.6 Å². The maximum absolute atomic E-state index is 11.8. The van der Waals surface area contributed by atoms with Crippen LogP contribution < -0.4 is 29.6 Å². The van der Waals surface area contributed by atoms with Gasteiger partial charge in [-0.25, -0.2) is 0 Å². The van der Waals surface area contributed by atoms with Crippen molar-refractivity contribution in [3.8, 4) is 0 Å². The molecule has 0 unspecified atom stereocenters. The number of carboxylic acid groups (broad SMARTS) is 1. The van der Waals surface area contributed by atoms with E-state index >= 15 is 0 Å². The number of aliphatic carboxylic acids is 1. The minimum Gasteiger partial charge on any atom is -1.00 e. The third-order valence-corrected chi connectivity index (χ3v) is 3.69. The Morgan fingerprint density at radius 2 is 1.55 bits per heavy atom. The van der Waals surface area contributed by atoms with Crippen LogP contribution in [0.25, 0.3) is 0 Å². The number of hydrogen-bond donors (Lipinski definition) is 1. The van der Waals surface area contributed by atoms with Gasteiger partial charge in [-0.2, -0.15) is 0 Å². The van der Waals surface area contributed by atoms with Gasteiger partial charge in [-0.15, -0.1) is 0 Å². The maximum atomic E-state index is 11.8. The Labute approximate surface area is 146 Å². The number of carbonyl (C=O) groups excluding carboxylic acids is 1. The van der Waals surface area contributed by atoms with Gasteiger partial charge in [-0.3, -0.25) is 9.59 Å². The molecule has 20 heavy (non-hydrogen) atoms. The standard InChI is InChI=1S/C16H26O3.Na.H/c17-15(14-10-8-9-11-14)12-6-4-2-1-3-5-7-13-16(18)19;;/h10H,1-9,11-13H2,(H,18,19);;/q;+1;-1. The molecule has 0 spiro atoms. The van der Waals surface area contributed by atoms with Gasteiger partial charge in [0.05, 0.1) is 0 Å². The van der Waals surface area contributed by atoms with E-state index in [0.717, 1.165) is 63.4 Å². The fraction of sp³-hybridized carbons (Fsp3) is 0.750. The molecule has 1 aliphatic rings. The summed E-state index contributed by atoms with van der Waals surface area (Å²) in [5.41, 5.74) is 1.06. The number of carboxylic acids is 1. The van der Waals surface area contributed by atoms with E-state index in [-0.39, 0.29) is 31.0 Å². The van der Waals surface area contributed by atoms with Crippen LogP contribution in [0, 0.1) is 0 Å². The van der Waals surface area contributed by atoms with E-state index in [1.54, 1.807) is 0 Å². The normalized spacial score (nSPS) is 13.7. The first kappa shape index (κ1) is 19.9. The van der Waals surface area contributed by atoms with E-state index in [2.05, 4.69) is 6.08 Å². The summed E-state index contributed by atoms with van der Waals surface area (Å²) >= 11 is 0. The molecule has 0 aliphatic heterocycles. The molecular formula is C16H27NaO3. The monoisotopic (exact) mass is 290 g/mol. The van der Waals surface area contributed by atoms with Crippen molar-refractivity contribution < 1.29 is 45.7 Å². The van der Waals surface area contributed by atoms with Crippen molar-refractivity contribution in [2.75, 3.05) is 0 Å². The van der Waals surface area contributed by atoms with Gasteiger partial charge >= 0.3 is 35.5 Å². The molecule has 0 amide bonds. The third-order valence-electron chi connectivity index (χ3n) is 3.69. The number of Topliss-reactive ketones (excluding diaryl/α,β-unsaturated/α-hetero) is 1. The Balaban J connectivity index is 0.